The quantitative estimate of drug-likeness (QED) is 0.761. The van der Waals surface area contributed by atoms with Crippen molar-refractivity contribution in [2.45, 2.75) is 4.90 Å². The highest BCUT2D eigenvalue weighted by molar-refractivity contribution is 8.19. The monoisotopic (exact) mass is 418 g/mol. The fourth-order valence-corrected chi connectivity index (χ4v) is 4.52. The number of rotatable bonds is 4. The molecule has 10 heteroatoms. The SMILES string of the molecule is COc1ccc(S(=O)(=O)N=C2NC(=O)C(=Cc3ccc4c(c3)OCO4)S2)cc1. The molecule has 0 radical (unpaired) electrons. The second-order valence-corrected chi connectivity index (χ2v) is 8.36. The van der Waals surface area contributed by atoms with E-state index in [9.17, 15) is 13.2 Å². The third-order valence-electron chi connectivity index (χ3n) is 3.91. The second-order valence-electron chi connectivity index (χ2n) is 5.72. The van der Waals surface area contributed by atoms with E-state index in [0.717, 1.165) is 17.3 Å². The number of methoxy groups -OCH3 is 1. The van der Waals surface area contributed by atoms with Crippen LogP contribution in [-0.4, -0.2) is 33.4 Å². The average Bonchev–Trinajstić information content (AvgIpc) is 3.27. The van der Waals surface area contributed by atoms with Crippen molar-refractivity contribution >= 4 is 38.9 Å². The smallest absolute Gasteiger partial charge is 0.284 e. The van der Waals surface area contributed by atoms with Crippen LogP contribution in [0.5, 0.6) is 17.2 Å². The fourth-order valence-electron chi connectivity index (χ4n) is 2.54. The molecule has 0 aliphatic carbocycles. The summed E-state index contributed by atoms with van der Waals surface area (Å²) in [4.78, 5) is 12.5. The van der Waals surface area contributed by atoms with Gasteiger partial charge in [-0.3, -0.25) is 10.1 Å². The Hall–Kier alpha value is -2.98. The van der Waals surface area contributed by atoms with Gasteiger partial charge in [0, 0.05) is 0 Å². The lowest BCUT2D eigenvalue weighted by atomic mass is 10.2. The second kappa shape index (κ2) is 7.21. The van der Waals surface area contributed by atoms with Gasteiger partial charge in [0.2, 0.25) is 6.79 Å². The summed E-state index contributed by atoms with van der Waals surface area (Å²) in [7, 11) is -2.47. The number of amides is 1. The number of carbonyl (C=O) groups excluding carboxylic acids is 1. The van der Waals surface area contributed by atoms with E-state index in [0.29, 0.717) is 22.2 Å². The van der Waals surface area contributed by atoms with Crippen LogP contribution >= 0.6 is 11.8 Å². The molecule has 0 saturated carbocycles. The molecule has 1 fully saturated rings. The average molecular weight is 418 g/mol. The minimum Gasteiger partial charge on any atom is -0.497 e. The molecule has 0 spiro atoms. The summed E-state index contributed by atoms with van der Waals surface area (Å²) in [5, 5.41) is 2.46. The van der Waals surface area contributed by atoms with Crippen molar-refractivity contribution in [2.75, 3.05) is 13.9 Å². The molecule has 1 N–H and O–H groups in total. The van der Waals surface area contributed by atoms with E-state index in [1.54, 1.807) is 24.3 Å². The molecule has 0 unspecified atom stereocenters. The lowest BCUT2D eigenvalue weighted by Crippen LogP contribution is -2.20. The van der Waals surface area contributed by atoms with Crippen molar-refractivity contribution in [3.8, 4) is 17.2 Å². The van der Waals surface area contributed by atoms with Gasteiger partial charge < -0.3 is 14.2 Å². The highest BCUT2D eigenvalue weighted by Gasteiger charge is 2.27. The maximum atomic E-state index is 12.4. The molecule has 4 rings (SSSR count). The van der Waals surface area contributed by atoms with Crippen LogP contribution in [0.1, 0.15) is 5.56 Å². The number of thioether (sulfide) groups is 1. The molecular formula is C18H14N2O6S2. The van der Waals surface area contributed by atoms with E-state index in [1.165, 1.54) is 31.4 Å². The van der Waals surface area contributed by atoms with Crippen LogP contribution in [0.15, 0.2) is 56.7 Å². The Balaban J connectivity index is 1.56. The number of nitrogens with zero attached hydrogens (tertiary/aromatic N) is 1. The van der Waals surface area contributed by atoms with Crippen molar-refractivity contribution in [1.82, 2.24) is 5.32 Å². The van der Waals surface area contributed by atoms with Crippen LogP contribution in [0.25, 0.3) is 6.08 Å². The van der Waals surface area contributed by atoms with Crippen LogP contribution in [0.2, 0.25) is 0 Å². The lowest BCUT2D eigenvalue weighted by molar-refractivity contribution is -0.115. The summed E-state index contributed by atoms with van der Waals surface area (Å²) >= 11 is 0.951. The number of carbonyl (C=O) groups is 1. The van der Waals surface area contributed by atoms with Crippen LogP contribution in [0.3, 0.4) is 0 Å². The number of fused-ring (bicyclic) bond motifs is 1. The van der Waals surface area contributed by atoms with Gasteiger partial charge >= 0.3 is 0 Å². The van der Waals surface area contributed by atoms with E-state index in [1.807, 2.05) is 0 Å². The van der Waals surface area contributed by atoms with E-state index in [2.05, 4.69) is 9.71 Å². The minimum atomic E-state index is -3.96. The summed E-state index contributed by atoms with van der Waals surface area (Å²) in [5.74, 6) is 1.34. The number of amidine groups is 1. The predicted octanol–water partition coefficient (Wildman–Crippen LogP) is 2.37. The molecule has 1 saturated heterocycles. The Bertz CT molecular complexity index is 1110. The summed E-state index contributed by atoms with van der Waals surface area (Å²) < 4.78 is 44.2. The fraction of sp³-hybridized carbons (Fsp3) is 0.111. The van der Waals surface area contributed by atoms with Gasteiger partial charge in [0.25, 0.3) is 15.9 Å². The summed E-state index contributed by atoms with van der Waals surface area (Å²) in [6.07, 6.45) is 1.63. The van der Waals surface area contributed by atoms with Gasteiger partial charge in [-0.15, -0.1) is 4.40 Å². The molecule has 2 aromatic rings. The van der Waals surface area contributed by atoms with Gasteiger partial charge in [-0.05, 0) is 59.8 Å². The molecule has 2 aromatic carbocycles. The van der Waals surface area contributed by atoms with E-state index in [4.69, 9.17) is 14.2 Å². The zero-order valence-electron chi connectivity index (χ0n) is 14.5. The first-order chi connectivity index (χ1) is 13.4. The maximum Gasteiger partial charge on any atom is 0.284 e. The summed E-state index contributed by atoms with van der Waals surface area (Å²) in [6, 6.07) is 11.1. The van der Waals surface area contributed by atoms with Crippen molar-refractivity contribution in [3.63, 3.8) is 0 Å². The molecule has 0 aromatic heterocycles. The first kappa shape index (κ1) is 18.4. The number of hydrogen-bond acceptors (Lipinski definition) is 7. The van der Waals surface area contributed by atoms with Gasteiger partial charge in [0.05, 0.1) is 16.9 Å². The zero-order valence-corrected chi connectivity index (χ0v) is 16.2. The standard InChI is InChI=1S/C18H14N2O6S2/c1-24-12-3-5-13(6-4-12)28(22,23)20-18-19-17(21)16(27-18)9-11-2-7-14-15(8-11)26-10-25-14/h2-9H,10H2,1H3,(H,19,20,21). The van der Waals surface area contributed by atoms with Gasteiger partial charge in [0.1, 0.15) is 5.75 Å². The van der Waals surface area contributed by atoms with E-state index in [-0.39, 0.29) is 16.9 Å². The minimum absolute atomic E-state index is 0.00356. The first-order valence-corrected chi connectivity index (χ1v) is 10.3. The number of benzene rings is 2. The Morgan fingerprint density at radius 3 is 2.64 bits per heavy atom. The summed E-state index contributed by atoms with van der Waals surface area (Å²) in [5.41, 5.74) is 0.723. The Morgan fingerprint density at radius 1 is 1.14 bits per heavy atom. The Kier molecular flexibility index (Phi) is 4.73. The molecule has 1 amide bonds. The largest absolute Gasteiger partial charge is 0.497 e. The van der Waals surface area contributed by atoms with Gasteiger partial charge in [-0.1, -0.05) is 6.07 Å². The first-order valence-electron chi connectivity index (χ1n) is 8.04. The maximum absolute atomic E-state index is 12.4. The number of ether oxygens (including phenoxy) is 3. The van der Waals surface area contributed by atoms with Gasteiger partial charge in [-0.25, -0.2) is 0 Å². The normalized spacial score (nSPS) is 18.5. The lowest BCUT2D eigenvalue weighted by Gasteiger charge is -2.02. The molecule has 28 heavy (non-hydrogen) atoms. The molecule has 0 bridgehead atoms. The topological polar surface area (TPSA) is 103 Å². The van der Waals surface area contributed by atoms with Crippen LogP contribution in [0, 0.1) is 0 Å². The Morgan fingerprint density at radius 2 is 1.89 bits per heavy atom. The van der Waals surface area contributed by atoms with Crippen LogP contribution in [-0.2, 0) is 14.8 Å². The molecular weight excluding hydrogens is 404 g/mol. The highest BCUT2D eigenvalue weighted by Crippen LogP contribution is 2.34. The van der Waals surface area contributed by atoms with Crippen molar-refractivity contribution in [2.24, 2.45) is 4.40 Å². The highest BCUT2D eigenvalue weighted by atomic mass is 32.2. The molecule has 2 aliphatic heterocycles. The number of nitrogens with one attached hydrogen (secondary N) is 1. The van der Waals surface area contributed by atoms with Crippen molar-refractivity contribution in [1.29, 1.82) is 0 Å². The van der Waals surface area contributed by atoms with Gasteiger partial charge in [-0.2, -0.15) is 8.42 Å². The number of hydrogen-bond donors (Lipinski definition) is 1. The predicted molar refractivity (Wildman–Crippen MR) is 104 cm³/mol. The van der Waals surface area contributed by atoms with Crippen LogP contribution < -0.4 is 19.5 Å². The third-order valence-corrected chi connectivity index (χ3v) is 6.22. The van der Waals surface area contributed by atoms with Gasteiger partial charge in [0.15, 0.2) is 16.7 Å². The Labute approximate surface area is 165 Å². The van der Waals surface area contributed by atoms with E-state index >= 15 is 0 Å². The molecule has 144 valence electrons. The van der Waals surface area contributed by atoms with Crippen LogP contribution in [0.4, 0.5) is 0 Å². The summed E-state index contributed by atoms with van der Waals surface area (Å²) in [6.45, 7) is 0.157. The van der Waals surface area contributed by atoms with Crippen molar-refractivity contribution < 1.29 is 27.4 Å². The molecule has 8 nitrogen and oxygen atoms in total. The molecule has 2 aliphatic rings. The van der Waals surface area contributed by atoms with Crippen molar-refractivity contribution in [3.05, 3.63) is 52.9 Å². The zero-order chi connectivity index (χ0) is 19.7. The third kappa shape index (κ3) is 3.69. The molecule has 2 heterocycles. The number of sulfonamides is 1. The van der Waals surface area contributed by atoms with E-state index < -0.39 is 15.9 Å². The molecule has 0 atom stereocenters.